The number of hydrogen-bond acceptors (Lipinski definition) is 5. The molecule has 0 aliphatic rings. The smallest absolute Gasteiger partial charge is 0.212 e. The molecule has 106 valence electrons. The zero-order chi connectivity index (χ0) is 15.4. The minimum atomic E-state index is -0.366. The van der Waals surface area contributed by atoms with Gasteiger partial charge in [-0.2, -0.15) is 5.26 Å². The van der Waals surface area contributed by atoms with Crippen LogP contribution in [0.15, 0.2) is 39.5 Å². The third kappa shape index (κ3) is 3.37. The van der Waals surface area contributed by atoms with E-state index in [-0.39, 0.29) is 22.7 Å². The van der Waals surface area contributed by atoms with E-state index in [1.807, 2.05) is 0 Å². The Bertz CT molecular complexity index is 768. The van der Waals surface area contributed by atoms with Crippen LogP contribution in [-0.2, 0) is 6.42 Å². The maximum atomic E-state index is 11.9. The van der Waals surface area contributed by atoms with Gasteiger partial charge in [0.2, 0.25) is 5.88 Å². The molecule has 5 nitrogen and oxygen atoms in total. The number of nitrogens with zero attached hydrogens (tertiary/aromatic N) is 1. The summed E-state index contributed by atoms with van der Waals surface area (Å²) in [5, 5.41) is 11.6. The molecule has 21 heavy (non-hydrogen) atoms. The van der Waals surface area contributed by atoms with Crippen molar-refractivity contribution in [3.05, 3.63) is 57.4 Å². The Morgan fingerprint density at radius 3 is 2.57 bits per heavy atom. The van der Waals surface area contributed by atoms with Crippen molar-refractivity contribution in [3.8, 4) is 6.07 Å². The molecule has 1 aromatic heterocycles. The molecule has 0 radical (unpaired) electrons. The molecule has 0 bridgehead atoms. The number of anilines is 2. The first-order valence-electron chi connectivity index (χ1n) is 6.40. The van der Waals surface area contributed by atoms with Crippen molar-refractivity contribution < 1.29 is 9.21 Å². The van der Waals surface area contributed by atoms with Crippen molar-refractivity contribution in [2.45, 2.75) is 20.3 Å². The highest BCUT2D eigenvalue weighted by atomic mass is 16.4. The first kappa shape index (κ1) is 14.5. The standard InChI is InChI=1S/C16H14N2O3/c1-10-9-14(20)15(11(2)19)16(21-10)18-13-5-3-12(4-6-13)7-8-17/h3-6,9,18H,7H2,1-2H3. The predicted octanol–water partition coefficient (Wildman–Crippen LogP) is 2.96. The van der Waals surface area contributed by atoms with Gasteiger partial charge in [0.15, 0.2) is 11.2 Å². The zero-order valence-corrected chi connectivity index (χ0v) is 11.8. The number of Topliss-reactive ketones (excluding diaryl/α,β-unsaturated/α-hetero) is 1. The molecule has 5 heteroatoms. The monoisotopic (exact) mass is 282 g/mol. The lowest BCUT2D eigenvalue weighted by Gasteiger charge is -2.09. The van der Waals surface area contributed by atoms with E-state index in [0.717, 1.165) is 5.56 Å². The van der Waals surface area contributed by atoms with Crippen LogP contribution in [0, 0.1) is 18.3 Å². The normalized spacial score (nSPS) is 9.95. The van der Waals surface area contributed by atoms with Crippen LogP contribution >= 0.6 is 0 Å². The number of carbonyl (C=O) groups excluding carboxylic acids is 1. The number of benzene rings is 1. The highest BCUT2D eigenvalue weighted by Crippen LogP contribution is 2.21. The van der Waals surface area contributed by atoms with Crippen molar-refractivity contribution in [3.63, 3.8) is 0 Å². The quantitative estimate of drug-likeness (QED) is 0.872. The Morgan fingerprint density at radius 2 is 2.00 bits per heavy atom. The van der Waals surface area contributed by atoms with Crippen LogP contribution in [0.1, 0.15) is 28.6 Å². The average Bonchev–Trinajstić information content (AvgIpc) is 2.40. The van der Waals surface area contributed by atoms with Crippen molar-refractivity contribution in [1.82, 2.24) is 0 Å². The van der Waals surface area contributed by atoms with Gasteiger partial charge in [-0.3, -0.25) is 9.59 Å². The minimum absolute atomic E-state index is 0.00158. The maximum Gasteiger partial charge on any atom is 0.212 e. The number of nitrogens with one attached hydrogen (secondary N) is 1. The van der Waals surface area contributed by atoms with Gasteiger partial charge in [-0.25, -0.2) is 0 Å². The number of carbonyl (C=O) groups is 1. The minimum Gasteiger partial charge on any atom is -0.445 e. The molecule has 0 amide bonds. The number of hydrogen-bond donors (Lipinski definition) is 1. The molecule has 0 spiro atoms. The van der Waals surface area contributed by atoms with Gasteiger partial charge in [-0.05, 0) is 31.5 Å². The van der Waals surface area contributed by atoms with Crippen LogP contribution in [0.4, 0.5) is 11.6 Å². The average molecular weight is 282 g/mol. The first-order valence-corrected chi connectivity index (χ1v) is 6.40. The lowest BCUT2D eigenvalue weighted by molar-refractivity contribution is 0.101. The highest BCUT2D eigenvalue weighted by molar-refractivity contribution is 5.98. The van der Waals surface area contributed by atoms with Crippen LogP contribution in [0.3, 0.4) is 0 Å². The molecule has 1 aromatic carbocycles. The molecular weight excluding hydrogens is 268 g/mol. The molecule has 0 aliphatic heterocycles. The SMILES string of the molecule is CC(=O)c1c(Nc2ccc(CC#N)cc2)oc(C)cc1=O. The van der Waals surface area contributed by atoms with E-state index in [2.05, 4.69) is 11.4 Å². The van der Waals surface area contributed by atoms with Gasteiger partial charge in [0.1, 0.15) is 11.3 Å². The molecule has 2 rings (SSSR count). The van der Waals surface area contributed by atoms with E-state index in [1.54, 1.807) is 31.2 Å². The lowest BCUT2D eigenvalue weighted by atomic mass is 10.1. The second-order valence-corrected chi connectivity index (χ2v) is 4.64. The second kappa shape index (κ2) is 6.06. The summed E-state index contributed by atoms with van der Waals surface area (Å²) in [7, 11) is 0. The van der Waals surface area contributed by atoms with E-state index in [0.29, 0.717) is 17.9 Å². The summed E-state index contributed by atoms with van der Waals surface area (Å²) < 4.78 is 5.45. The summed E-state index contributed by atoms with van der Waals surface area (Å²) in [5.41, 5.74) is 1.20. The lowest BCUT2D eigenvalue weighted by Crippen LogP contribution is -2.15. The fourth-order valence-electron chi connectivity index (χ4n) is 1.96. The zero-order valence-electron chi connectivity index (χ0n) is 11.8. The molecule has 0 aliphatic carbocycles. The third-order valence-electron chi connectivity index (χ3n) is 2.92. The van der Waals surface area contributed by atoms with E-state index in [1.165, 1.54) is 13.0 Å². The number of rotatable bonds is 4. The highest BCUT2D eigenvalue weighted by Gasteiger charge is 2.15. The number of nitriles is 1. The maximum absolute atomic E-state index is 11.9. The fraction of sp³-hybridized carbons (Fsp3) is 0.188. The molecule has 0 saturated carbocycles. The molecule has 2 aromatic rings. The van der Waals surface area contributed by atoms with Gasteiger partial charge >= 0.3 is 0 Å². The van der Waals surface area contributed by atoms with Crippen molar-refractivity contribution in [1.29, 1.82) is 5.26 Å². The molecule has 0 saturated heterocycles. The fourth-order valence-corrected chi connectivity index (χ4v) is 1.96. The summed E-state index contributed by atoms with van der Waals surface area (Å²) in [6, 6.07) is 10.5. The van der Waals surface area contributed by atoms with Gasteiger partial charge in [0.05, 0.1) is 12.5 Å². The predicted molar refractivity (Wildman–Crippen MR) is 78.8 cm³/mol. The van der Waals surface area contributed by atoms with Crippen LogP contribution in [0.2, 0.25) is 0 Å². The summed E-state index contributed by atoms with van der Waals surface area (Å²) in [6.45, 7) is 2.97. The number of ketones is 1. The van der Waals surface area contributed by atoms with E-state index < -0.39 is 0 Å². The van der Waals surface area contributed by atoms with Gasteiger partial charge in [-0.1, -0.05) is 12.1 Å². The largest absolute Gasteiger partial charge is 0.445 e. The van der Waals surface area contributed by atoms with Gasteiger partial charge < -0.3 is 9.73 Å². The van der Waals surface area contributed by atoms with E-state index >= 15 is 0 Å². The summed E-state index contributed by atoms with van der Waals surface area (Å²) in [4.78, 5) is 23.5. The van der Waals surface area contributed by atoms with Crippen molar-refractivity contribution in [2.75, 3.05) is 5.32 Å². The second-order valence-electron chi connectivity index (χ2n) is 4.64. The number of aryl methyl sites for hydroxylation is 1. The summed E-state index contributed by atoms with van der Waals surface area (Å²) in [5.74, 6) is 0.210. The topological polar surface area (TPSA) is 83.1 Å². The van der Waals surface area contributed by atoms with Gasteiger partial charge in [0, 0.05) is 11.8 Å². The van der Waals surface area contributed by atoms with Crippen LogP contribution in [-0.4, -0.2) is 5.78 Å². The molecular formula is C16H14N2O3. The van der Waals surface area contributed by atoms with Gasteiger partial charge in [0.25, 0.3) is 0 Å². The Morgan fingerprint density at radius 1 is 1.33 bits per heavy atom. The van der Waals surface area contributed by atoms with Crippen LogP contribution in [0.25, 0.3) is 0 Å². The van der Waals surface area contributed by atoms with Crippen molar-refractivity contribution in [2.24, 2.45) is 0 Å². The van der Waals surface area contributed by atoms with Gasteiger partial charge in [-0.15, -0.1) is 0 Å². The van der Waals surface area contributed by atoms with Crippen molar-refractivity contribution >= 4 is 17.4 Å². The molecule has 1 N–H and O–H groups in total. The Hall–Kier alpha value is -2.87. The first-order chi connectivity index (χ1) is 10.0. The Labute approximate surface area is 121 Å². The third-order valence-corrected chi connectivity index (χ3v) is 2.92. The van der Waals surface area contributed by atoms with Crippen LogP contribution < -0.4 is 10.7 Å². The van der Waals surface area contributed by atoms with E-state index in [9.17, 15) is 9.59 Å². The summed E-state index contributed by atoms with van der Waals surface area (Å²) in [6.07, 6.45) is 0.332. The molecule has 1 heterocycles. The molecule has 0 unspecified atom stereocenters. The summed E-state index contributed by atoms with van der Waals surface area (Å²) >= 11 is 0. The Balaban J connectivity index is 2.37. The Kier molecular flexibility index (Phi) is 4.19. The molecule has 0 atom stereocenters. The molecule has 0 fully saturated rings. The van der Waals surface area contributed by atoms with Crippen LogP contribution in [0.5, 0.6) is 0 Å². The van der Waals surface area contributed by atoms with E-state index in [4.69, 9.17) is 9.68 Å².